The molecule has 2 nitrogen and oxygen atoms in total. The molecule has 2 aromatic carbocycles. The van der Waals surface area contributed by atoms with E-state index in [2.05, 4.69) is 43.5 Å². The van der Waals surface area contributed by atoms with Gasteiger partial charge in [0, 0.05) is 15.3 Å². The van der Waals surface area contributed by atoms with Crippen LogP contribution in [0.3, 0.4) is 0 Å². The van der Waals surface area contributed by atoms with Crippen molar-refractivity contribution in [2.45, 2.75) is 12.3 Å². The normalized spacial score (nSPS) is 12.8. The SMILES string of the molecule is CC(Cl)c1nc2cc(Br)c(F)cc2n1-c1cccc(I)c1. The van der Waals surface area contributed by atoms with Gasteiger partial charge in [-0.05, 0) is 69.7 Å². The highest BCUT2D eigenvalue weighted by Gasteiger charge is 2.18. The Morgan fingerprint density at radius 3 is 2.76 bits per heavy atom. The third-order valence-corrected chi connectivity index (χ3v) is 4.62. The Morgan fingerprint density at radius 2 is 2.10 bits per heavy atom. The minimum Gasteiger partial charge on any atom is -0.295 e. The summed E-state index contributed by atoms with van der Waals surface area (Å²) in [4.78, 5) is 4.55. The predicted molar refractivity (Wildman–Crippen MR) is 95.7 cm³/mol. The number of nitrogens with zero attached hydrogens (tertiary/aromatic N) is 2. The van der Waals surface area contributed by atoms with Crippen molar-refractivity contribution >= 4 is 61.2 Å². The van der Waals surface area contributed by atoms with E-state index in [9.17, 15) is 4.39 Å². The molecule has 1 unspecified atom stereocenters. The number of benzene rings is 2. The van der Waals surface area contributed by atoms with E-state index in [4.69, 9.17) is 11.6 Å². The van der Waals surface area contributed by atoms with Crippen LogP contribution >= 0.6 is 50.1 Å². The average Bonchev–Trinajstić information content (AvgIpc) is 2.78. The summed E-state index contributed by atoms with van der Waals surface area (Å²) in [6, 6.07) is 11.1. The molecule has 0 saturated carbocycles. The molecule has 0 spiro atoms. The lowest BCUT2D eigenvalue weighted by Crippen LogP contribution is -2.02. The molecule has 0 aliphatic rings. The Kier molecular flexibility index (Phi) is 4.25. The standard InChI is InChI=1S/C15H10BrClFIN2/c1-8(17)15-20-13-6-11(16)12(18)7-14(13)21(15)10-4-2-3-9(19)5-10/h2-8H,1H3. The molecule has 1 aromatic heterocycles. The van der Waals surface area contributed by atoms with Gasteiger partial charge in [0.1, 0.15) is 11.6 Å². The van der Waals surface area contributed by atoms with E-state index in [1.807, 2.05) is 35.8 Å². The van der Waals surface area contributed by atoms with Crippen LogP contribution in [-0.4, -0.2) is 9.55 Å². The van der Waals surface area contributed by atoms with Crippen molar-refractivity contribution in [1.29, 1.82) is 0 Å². The lowest BCUT2D eigenvalue weighted by atomic mass is 10.2. The third kappa shape index (κ3) is 2.83. The summed E-state index contributed by atoms with van der Waals surface area (Å²) in [6.45, 7) is 1.86. The molecule has 0 amide bonds. The van der Waals surface area contributed by atoms with Crippen LogP contribution in [0, 0.1) is 9.39 Å². The highest BCUT2D eigenvalue weighted by atomic mass is 127. The lowest BCUT2D eigenvalue weighted by Gasteiger charge is -2.11. The summed E-state index contributed by atoms with van der Waals surface area (Å²) < 4.78 is 17.3. The Bertz CT molecular complexity index is 832. The van der Waals surface area contributed by atoms with E-state index >= 15 is 0 Å². The Morgan fingerprint density at radius 1 is 1.33 bits per heavy atom. The number of fused-ring (bicyclic) bond motifs is 1. The predicted octanol–water partition coefficient (Wildman–Crippen LogP) is 5.83. The molecule has 0 aliphatic carbocycles. The average molecular weight is 480 g/mol. The summed E-state index contributed by atoms with van der Waals surface area (Å²) >= 11 is 11.7. The minimum atomic E-state index is -0.317. The molecule has 108 valence electrons. The molecule has 3 rings (SSSR count). The van der Waals surface area contributed by atoms with Crippen molar-refractivity contribution < 1.29 is 4.39 Å². The van der Waals surface area contributed by atoms with Gasteiger partial charge in [-0.3, -0.25) is 4.57 Å². The van der Waals surface area contributed by atoms with Gasteiger partial charge in [-0.15, -0.1) is 11.6 Å². The van der Waals surface area contributed by atoms with Crippen LogP contribution in [0.5, 0.6) is 0 Å². The van der Waals surface area contributed by atoms with Crippen molar-refractivity contribution in [3.05, 3.63) is 56.1 Å². The zero-order valence-corrected chi connectivity index (χ0v) is 15.4. The number of imidazole rings is 1. The van der Waals surface area contributed by atoms with Gasteiger partial charge in [-0.1, -0.05) is 6.07 Å². The van der Waals surface area contributed by atoms with E-state index in [0.717, 1.165) is 9.26 Å². The molecule has 21 heavy (non-hydrogen) atoms. The van der Waals surface area contributed by atoms with Crippen molar-refractivity contribution in [2.75, 3.05) is 0 Å². The second-order valence-electron chi connectivity index (χ2n) is 4.66. The Labute approximate surface area is 148 Å². The molecule has 0 bridgehead atoms. The lowest BCUT2D eigenvalue weighted by molar-refractivity contribution is 0.622. The Hall–Kier alpha value is -0.660. The van der Waals surface area contributed by atoms with E-state index in [1.54, 1.807) is 6.07 Å². The first kappa shape index (κ1) is 15.2. The highest BCUT2D eigenvalue weighted by molar-refractivity contribution is 14.1. The summed E-state index contributed by atoms with van der Waals surface area (Å²) in [5.74, 6) is 0.384. The van der Waals surface area contributed by atoms with Gasteiger partial charge < -0.3 is 0 Å². The summed E-state index contributed by atoms with van der Waals surface area (Å²) in [5, 5.41) is -0.280. The molecule has 6 heteroatoms. The maximum Gasteiger partial charge on any atom is 0.139 e. The molecule has 0 N–H and O–H groups in total. The topological polar surface area (TPSA) is 17.8 Å². The van der Waals surface area contributed by atoms with Gasteiger partial charge in [0.15, 0.2) is 0 Å². The van der Waals surface area contributed by atoms with Gasteiger partial charge in [0.05, 0.1) is 20.9 Å². The maximum absolute atomic E-state index is 13.9. The van der Waals surface area contributed by atoms with E-state index in [-0.39, 0.29) is 11.2 Å². The maximum atomic E-state index is 13.9. The van der Waals surface area contributed by atoms with E-state index in [1.165, 1.54) is 6.07 Å². The van der Waals surface area contributed by atoms with E-state index in [0.29, 0.717) is 21.3 Å². The van der Waals surface area contributed by atoms with Crippen molar-refractivity contribution in [3.63, 3.8) is 0 Å². The number of rotatable bonds is 2. The van der Waals surface area contributed by atoms with Crippen molar-refractivity contribution in [2.24, 2.45) is 0 Å². The highest BCUT2D eigenvalue weighted by Crippen LogP contribution is 2.31. The molecular weight excluding hydrogens is 469 g/mol. The fourth-order valence-electron chi connectivity index (χ4n) is 2.24. The van der Waals surface area contributed by atoms with Crippen LogP contribution in [0.25, 0.3) is 16.7 Å². The minimum absolute atomic E-state index is 0.280. The van der Waals surface area contributed by atoms with Crippen LogP contribution in [0.15, 0.2) is 40.9 Å². The quantitative estimate of drug-likeness (QED) is 0.334. The molecule has 0 saturated heterocycles. The first-order valence-electron chi connectivity index (χ1n) is 6.25. The van der Waals surface area contributed by atoms with Gasteiger partial charge in [-0.2, -0.15) is 0 Å². The second-order valence-corrected chi connectivity index (χ2v) is 7.41. The third-order valence-electron chi connectivity index (χ3n) is 3.14. The Balaban J connectivity index is 2.38. The summed E-state index contributed by atoms with van der Waals surface area (Å²) in [6.07, 6.45) is 0. The zero-order chi connectivity index (χ0) is 15.1. The zero-order valence-electron chi connectivity index (χ0n) is 10.9. The molecule has 1 atom stereocenters. The molecule has 0 fully saturated rings. The number of aromatic nitrogens is 2. The fraction of sp³-hybridized carbons (Fsp3) is 0.133. The summed E-state index contributed by atoms with van der Waals surface area (Å²) in [5.41, 5.74) is 2.35. The monoisotopic (exact) mass is 478 g/mol. The van der Waals surface area contributed by atoms with Crippen LogP contribution in [0.4, 0.5) is 4.39 Å². The first-order chi connectivity index (χ1) is 9.97. The largest absolute Gasteiger partial charge is 0.295 e. The first-order valence-corrected chi connectivity index (χ1v) is 8.55. The molecular formula is C15H10BrClFIN2. The van der Waals surface area contributed by atoms with E-state index < -0.39 is 0 Å². The number of hydrogen-bond acceptors (Lipinski definition) is 1. The van der Waals surface area contributed by atoms with Crippen LogP contribution in [-0.2, 0) is 0 Å². The molecule has 1 heterocycles. The van der Waals surface area contributed by atoms with Crippen LogP contribution in [0.1, 0.15) is 18.1 Å². The van der Waals surface area contributed by atoms with Crippen molar-refractivity contribution in [1.82, 2.24) is 9.55 Å². The number of halogens is 4. The van der Waals surface area contributed by atoms with Gasteiger partial charge in [-0.25, -0.2) is 9.37 Å². The second kappa shape index (κ2) is 5.85. The van der Waals surface area contributed by atoms with Gasteiger partial charge in [0.2, 0.25) is 0 Å². The smallest absolute Gasteiger partial charge is 0.139 e. The molecule has 3 aromatic rings. The van der Waals surface area contributed by atoms with Gasteiger partial charge in [0.25, 0.3) is 0 Å². The molecule has 0 radical (unpaired) electrons. The number of alkyl halides is 1. The number of hydrogen-bond donors (Lipinski definition) is 0. The summed E-state index contributed by atoms with van der Waals surface area (Å²) in [7, 11) is 0. The van der Waals surface area contributed by atoms with Gasteiger partial charge >= 0.3 is 0 Å². The van der Waals surface area contributed by atoms with Crippen molar-refractivity contribution in [3.8, 4) is 5.69 Å². The molecule has 0 aliphatic heterocycles. The van der Waals surface area contributed by atoms with Crippen LogP contribution < -0.4 is 0 Å². The fourth-order valence-corrected chi connectivity index (χ4v) is 3.25. The van der Waals surface area contributed by atoms with Crippen LogP contribution in [0.2, 0.25) is 0 Å².